The molecule has 1 rings (SSSR count). The first-order chi connectivity index (χ1) is 8.43. The molecule has 5 nitrogen and oxygen atoms in total. The summed E-state index contributed by atoms with van der Waals surface area (Å²) in [5.41, 5.74) is 0.198. The molecule has 0 unspecified atom stereocenters. The molecule has 18 heavy (non-hydrogen) atoms. The van der Waals surface area contributed by atoms with Crippen LogP contribution in [0.15, 0.2) is 23.1 Å². The van der Waals surface area contributed by atoms with E-state index in [0.29, 0.717) is 4.90 Å². The van der Waals surface area contributed by atoms with E-state index in [1.54, 1.807) is 6.07 Å². The first-order valence-electron chi connectivity index (χ1n) is 5.24. The maximum Gasteiger partial charge on any atom is 0.373 e. The Balaban J connectivity index is 3.13. The van der Waals surface area contributed by atoms with Crippen LogP contribution in [0.2, 0.25) is 0 Å². The number of carboxylic acid groups (broad SMARTS) is 1. The van der Waals surface area contributed by atoms with Crippen molar-refractivity contribution in [2.24, 2.45) is 0 Å². The van der Waals surface area contributed by atoms with Gasteiger partial charge in [-0.25, -0.2) is 9.59 Å². The van der Waals surface area contributed by atoms with Crippen LogP contribution >= 0.6 is 11.8 Å². The summed E-state index contributed by atoms with van der Waals surface area (Å²) in [4.78, 5) is 31.8. The van der Waals surface area contributed by atoms with E-state index in [2.05, 4.69) is 9.78 Å². The summed E-state index contributed by atoms with van der Waals surface area (Å²) in [6, 6.07) is 4.36. The van der Waals surface area contributed by atoms with Crippen LogP contribution in [0.25, 0.3) is 0 Å². The van der Waals surface area contributed by atoms with Gasteiger partial charge < -0.3 is 5.11 Å². The lowest BCUT2D eigenvalue weighted by atomic mass is 10.1. The lowest BCUT2D eigenvalue weighted by Gasteiger charge is -2.08. The van der Waals surface area contributed by atoms with Crippen molar-refractivity contribution < 1.29 is 24.5 Å². The highest BCUT2D eigenvalue weighted by atomic mass is 32.2. The molecule has 0 spiro atoms. The third-order valence-corrected chi connectivity index (χ3v) is 2.90. The Morgan fingerprint density at radius 2 is 1.83 bits per heavy atom. The van der Waals surface area contributed by atoms with Crippen LogP contribution in [0.3, 0.4) is 0 Å². The molecule has 0 aliphatic rings. The van der Waals surface area contributed by atoms with Crippen molar-refractivity contribution in [1.29, 1.82) is 0 Å². The Labute approximate surface area is 109 Å². The Hall–Kier alpha value is -1.53. The molecule has 1 aromatic rings. The van der Waals surface area contributed by atoms with Gasteiger partial charge in [-0.05, 0) is 18.2 Å². The summed E-state index contributed by atoms with van der Waals surface area (Å²) in [5.74, 6) is -1.81. The quantitative estimate of drug-likeness (QED) is 0.503. The van der Waals surface area contributed by atoms with Crippen molar-refractivity contribution in [2.45, 2.75) is 24.0 Å². The predicted molar refractivity (Wildman–Crippen MR) is 66.8 cm³/mol. The Bertz CT molecular complexity index is 456. The fourth-order valence-corrected chi connectivity index (χ4v) is 2.24. The average molecular weight is 270 g/mol. The fraction of sp³-hybridized carbons (Fsp3) is 0.333. The minimum Gasteiger partial charge on any atom is -0.478 e. The monoisotopic (exact) mass is 270 g/mol. The maximum atomic E-state index is 11.5. The minimum absolute atomic E-state index is 0.0451. The predicted octanol–water partition coefficient (Wildman–Crippen LogP) is 2.60. The number of hydrogen-bond donors (Lipinski definition) is 1. The van der Waals surface area contributed by atoms with E-state index in [1.807, 2.05) is 13.8 Å². The van der Waals surface area contributed by atoms with Gasteiger partial charge in [0.1, 0.15) is 0 Å². The van der Waals surface area contributed by atoms with Gasteiger partial charge in [0.2, 0.25) is 0 Å². The molecule has 0 aliphatic heterocycles. The second kappa shape index (κ2) is 6.42. The molecular formula is C12H14O5S. The van der Waals surface area contributed by atoms with Crippen molar-refractivity contribution >= 4 is 23.7 Å². The molecule has 6 heteroatoms. The third-order valence-electron chi connectivity index (χ3n) is 1.92. The second-order valence-electron chi connectivity index (χ2n) is 3.76. The Morgan fingerprint density at radius 1 is 1.22 bits per heavy atom. The molecule has 1 aromatic carbocycles. The Morgan fingerprint density at radius 3 is 2.33 bits per heavy atom. The number of carboxylic acids is 1. The lowest BCUT2D eigenvalue weighted by Crippen LogP contribution is -2.07. The molecule has 0 amide bonds. The highest BCUT2D eigenvalue weighted by Gasteiger charge is 2.14. The van der Waals surface area contributed by atoms with Crippen LogP contribution < -0.4 is 0 Å². The van der Waals surface area contributed by atoms with Gasteiger partial charge in [0.05, 0.1) is 18.2 Å². The normalized spacial score (nSPS) is 10.4. The van der Waals surface area contributed by atoms with E-state index in [9.17, 15) is 9.59 Å². The summed E-state index contributed by atoms with van der Waals surface area (Å²) in [7, 11) is 1.21. The van der Waals surface area contributed by atoms with Crippen LogP contribution in [0.5, 0.6) is 0 Å². The number of benzene rings is 1. The average Bonchev–Trinajstić information content (AvgIpc) is 2.27. The van der Waals surface area contributed by atoms with E-state index in [0.717, 1.165) is 0 Å². The van der Waals surface area contributed by atoms with E-state index >= 15 is 0 Å². The highest BCUT2D eigenvalue weighted by molar-refractivity contribution is 7.99. The van der Waals surface area contributed by atoms with Gasteiger partial charge in [-0.1, -0.05) is 13.8 Å². The van der Waals surface area contributed by atoms with E-state index in [-0.39, 0.29) is 16.4 Å². The van der Waals surface area contributed by atoms with Crippen molar-refractivity contribution in [1.82, 2.24) is 0 Å². The van der Waals surface area contributed by atoms with Gasteiger partial charge in [0, 0.05) is 10.1 Å². The molecule has 0 atom stereocenters. The fourth-order valence-electron chi connectivity index (χ4n) is 1.30. The zero-order chi connectivity index (χ0) is 13.7. The molecule has 98 valence electrons. The van der Waals surface area contributed by atoms with E-state index in [1.165, 1.54) is 31.0 Å². The zero-order valence-corrected chi connectivity index (χ0v) is 11.1. The summed E-state index contributed by atoms with van der Waals surface area (Å²) in [6.07, 6.45) is 0. The number of carbonyl (C=O) groups excluding carboxylic acids is 1. The molecule has 0 saturated carbocycles. The third kappa shape index (κ3) is 4.05. The van der Waals surface area contributed by atoms with E-state index < -0.39 is 11.9 Å². The molecule has 0 heterocycles. The van der Waals surface area contributed by atoms with Crippen molar-refractivity contribution in [3.63, 3.8) is 0 Å². The molecule has 0 aromatic heterocycles. The van der Waals surface area contributed by atoms with Crippen LogP contribution in [0, 0.1) is 0 Å². The summed E-state index contributed by atoms with van der Waals surface area (Å²) < 4.78 is 0. The highest BCUT2D eigenvalue weighted by Crippen LogP contribution is 2.25. The molecular weight excluding hydrogens is 256 g/mol. The van der Waals surface area contributed by atoms with Crippen molar-refractivity contribution in [3.05, 3.63) is 29.3 Å². The Kier molecular flexibility index (Phi) is 5.18. The van der Waals surface area contributed by atoms with Crippen LogP contribution in [-0.4, -0.2) is 29.4 Å². The first-order valence-corrected chi connectivity index (χ1v) is 6.12. The van der Waals surface area contributed by atoms with Gasteiger partial charge in [0.15, 0.2) is 0 Å². The van der Waals surface area contributed by atoms with Gasteiger partial charge in [-0.3, -0.25) is 4.89 Å². The minimum atomic E-state index is -1.09. The second-order valence-corrected chi connectivity index (χ2v) is 5.41. The van der Waals surface area contributed by atoms with Gasteiger partial charge >= 0.3 is 11.9 Å². The topological polar surface area (TPSA) is 72.8 Å². The van der Waals surface area contributed by atoms with Crippen molar-refractivity contribution in [2.75, 3.05) is 7.11 Å². The first kappa shape index (κ1) is 14.5. The zero-order valence-electron chi connectivity index (χ0n) is 10.3. The summed E-state index contributed by atoms with van der Waals surface area (Å²) >= 11 is 1.47. The smallest absolute Gasteiger partial charge is 0.373 e. The molecule has 1 N–H and O–H groups in total. The molecule has 0 aliphatic carbocycles. The number of thioether (sulfide) groups is 1. The van der Waals surface area contributed by atoms with Gasteiger partial charge in [-0.2, -0.15) is 4.89 Å². The largest absolute Gasteiger partial charge is 0.478 e. The molecule has 0 radical (unpaired) electrons. The maximum absolute atomic E-state index is 11.5. The number of hydrogen-bond acceptors (Lipinski definition) is 5. The number of aromatic carboxylic acids is 1. The van der Waals surface area contributed by atoms with E-state index in [4.69, 9.17) is 5.11 Å². The van der Waals surface area contributed by atoms with Crippen LogP contribution in [0.4, 0.5) is 0 Å². The number of carbonyl (C=O) groups is 2. The summed E-state index contributed by atoms with van der Waals surface area (Å²) in [5, 5.41) is 9.26. The van der Waals surface area contributed by atoms with Gasteiger partial charge in [-0.15, -0.1) is 11.8 Å². The van der Waals surface area contributed by atoms with Crippen LogP contribution in [-0.2, 0) is 9.78 Å². The standard InChI is InChI=1S/C12H14O5S/c1-7(2)18-10-5-8(11(13)14)4-9(6-10)12(15)17-16-3/h4-7H,1-3H3,(H,13,14). The van der Waals surface area contributed by atoms with Gasteiger partial charge in [0.25, 0.3) is 0 Å². The number of rotatable bonds is 5. The summed E-state index contributed by atoms with van der Waals surface area (Å²) in [6.45, 7) is 3.95. The van der Waals surface area contributed by atoms with Crippen molar-refractivity contribution in [3.8, 4) is 0 Å². The molecule has 0 bridgehead atoms. The molecule has 0 fully saturated rings. The SMILES string of the molecule is COOC(=O)c1cc(SC(C)C)cc(C(=O)O)c1. The molecule has 0 saturated heterocycles. The lowest BCUT2D eigenvalue weighted by molar-refractivity contribution is -0.216. The van der Waals surface area contributed by atoms with Crippen LogP contribution in [0.1, 0.15) is 34.6 Å².